The standard InChI is InChI=1S/C47H41N3O/c1-46(35-16-5-3-6-17-35,43-24-11-13-30-48-43)28-26-34-32-39-38-21-9-10-23-42(38)51-45(39)40(33-34)41-22-15-20-37(50-41)27-29-47(2,36-18-7-4-8-19-36)44-25-12-14-31-49-44/h3-25,30-33H,26-29H2,1-2H3. The van der Waals surface area contributed by atoms with Crippen molar-refractivity contribution in [1.29, 1.82) is 0 Å². The van der Waals surface area contributed by atoms with Gasteiger partial charge in [0.25, 0.3) is 0 Å². The Morgan fingerprint density at radius 1 is 0.529 bits per heavy atom. The summed E-state index contributed by atoms with van der Waals surface area (Å²) in [6.07, 6.45) is 7.22. The summed E-state index contributed by atoms with van der Waals surface area (Å²) in [7, 11) is 0. The molecule has 0 aliphatic heterocycles. The van der Waals surface area contributed by atoms with Crippen LogP contribution in [-0.2, 0) is 23.7 Å². The van der Waals surface area contributed by atoms with Crippen molar-refractivity contribution in [2.24, 2.45) is 0 Å². The minimum absolute atomic E-state index is 0.257. The van der Waals surface area contributed by atoms with Crippen LogP contribution in [0, 0.1) is 0 Å². The van der Waals surface area contributed by atoms with Crippen LogP contribution in [0.4, 0.5) is 0 Å². The van der Waals surface area contributed by atoms with E-state index in [0.717, 1.165) is 76.0 Å². The summed E-state index contributed by atoms with van der Waals surface area (Å²) in [5, 5.41) is 2.24. The zero-order chi connectivity index (χ0) is 34.7. The molecule has 4 heteroatoms. The largest absolute Gasteiger partial charge is 0.455 e. The highest BCUT2D eigenvalue weighted by Gasteiger charge is 2.31. The first-order valence-electron chi connectivity index (χ1n) is 17.9. The van der Waals surface area contributed by atoms with E-state index in [1.807, 2.05) is 30.6 Å². The number of fused-ring (bicyclic) bond motifs is 3. The topological polar surface area (TPSA) is 51.8 Å². The zero-order valence-electron chi connectivity index (χ0n) is 29.2. The van der Waals surface area contributed by atoms with Crippen LogP contribution in [0.25, 0.3) is 33.2 Å². The van der Waals surface area contributed by atoms with Crippen molar-refractivity contribution in [2.45, 2.75) is 50.4 Å². The maximum atomic E-state index is 6.59. The zero-order valence-corrected chi connectivity index (χ0v) is 29.2. The first-order chi connectivity index (χ1) is 25.0. The number of hydrogen-bond acceptors (Lipinski definition) is 4. The lowest BCUT2D eigenvalue weighted by Crippen LogP contribution is -2.26. The lowest BCUT2D eigenvalue weighted by molar-refractivity contribution is 0.502. The summed E-state index contributed by atoms with van der Waals surface area (Å²) in [5.41, 5.74) is 10.2. The maximum Gasteiger partial charge on any atom is 0.144 e. The van der Waals surface area contributed by atoms with Gasteiger partial charge < -0.3 is 4.42 Å². The van der Waals surface area contributed by atoms with Gasteiger partial charge in [-0.15, -0.1) is 0 Å². The van der Waals surface area contributed by atoms with Gasteiger partial charge in [0, 0.05) is 45.3 Å². The second kappa shape index (κ2) is 13.8. The molecule has 8 aromatic rings. The summed E-state index contributed by atoms with van der Waals surface area (Å²) in [6.45, 7) is 4.61. The van der Waals surface area contributed by atoms with Gasteiger partial charge >= 0.3 is 0 Å². The molecule has 0 bridgehead atoms. The Morgan fingerprint density at radius 2 is 1.12 bits per heavy atom. The first-order valence-corrected chi connectivity index (χ1v) is 17.9. The van der Waals surface area contributed by atoms with Gasteiger partial charge in [-0.2, -0.15) is 0 Å². The molecule has 4 aromatic carbocycles. The van der Waals surface area contributed by atoms with Gasteiger partial charge in [0.05, 0.1) is 17.1 Å². The molecule has 4 aromatic heterocycles. The van der Waals surface area contributed by atoms with Gasteiger partial charge in [0.15, 0.2) is 0 Å². The number of benzene rings is 4. The van der Waals surface area contributed by atoms with Crippen molar-refractivity contribution in [1.82, 2.24) is 15.0 Å². The number of aromatic nitrogens is 3. The number of rotatable bonds is 11. The molecule has 250 valence electrons. The summed E-state index contributed by atoms with van der Waals surface area (Å²) in [4.78, 5) is 15.0. The summed E-state index contributed by atoms with van der Waals surface area (Å²) < 4.78 is 6.59. The van der Waals surface area contributed by atoms with E-state index in [4.69, 9.17) is 19.4 Å². The number of hydrogen-bond donors (Lipinski definition) is 0. The van der Waals surface area contributed by atoms with Crippen molar-refractivity contribution in [3.8, 4) is 11.3 Å². The van der Waals surface area contributed by atoms with E-state index in [0.29, 0.717) is 0 Å². The van der Waals surface area contributed by atoms with E-state index in [1.54, 1.807) is 0 Å². The molecule has 4 nitrogen and oxygen atoms in total. The molecule has 0 amide bonds. The Hall–Kier alpha value is -5.87. The Kier molecular flexibility index (Phi) is 8.75. The molecule has 0 N–H and O–H groups in total. The fourth-order valence-electron chi connectivity index (χ4n) is 7.59. The van der Waals surface area contributed by atoms with Crippen molar-refractivity contribution >= 4 is 21.9 Å². The maximum absolute atomic E-state index is 6.59. The Labute approximate surface area is 299 Å². The van der Waals surface area contributed by atoms with E-state index in [1.165, 1.54) is 16.7 Å². The molecule has 0 fully saturated rings. The molecule has 0 saturated carbocycles. The van der Waals surface area contributed by atoms with Crippen molar-refractivity contribution < 1.29 is 4.42 Å². The highest BCUT2D eigenvalue weighted by atomic mass is 16.3. The van der Waals surface area contributed by atoms with Gasteiger partial charge in [-0.3, -0.25) is 15.0 Å². The Bertz CT molecular complexity index is 2310. The van der Waals surface area contributed by atoms with E-state index in [9.17, 15) is 0 Å². The van der Waals surface area contributed by atoms with E-state index in [2.05, 4.69) is 147 Å². The molecular weight excluding hydrogens is 623 g/mol. The predicted octanol–water partition coefficient (Wildman–Crippen LogP) is 11.3. The Balaban J connectivity index is 1.16. The third-order valence-electron chi connectivity index (χ3n) is 10.7. The molecule has 2 atom stereocenters. The number of para-hydroxylation sites is 1. The normalized spacial score (nSPS) is 13.9. The van der Waals surface area contributed by atoms with Crippen molar-refractivity contribution in [3.05, 3.63) is 198 Å². The van der Waals surface area contributed by atoms with E-state index < -0.39 is 0 Å². The van der Waals surface area contributed by atoms with Crippen LogP contribution in [0.15, 0.2) is 168 Å². The molecular formula is C47H41N3O. The monoisotopic (exact) mass is 663 g/mol. The molecule has 0 radical (unpaired) electrons. The number of pyridine rings is 3. The highest BCUT2D eigenvalue weighted by Crippen LogP contribution is 2.40. The fraction of sp³-hybridized carbons (Fsp3) is 0.170. The molecule has 0 spiro atoms. The number of aryl methyl sites for hydroxylation is 2. The molecule has 2 unspecified atom stereocenters. The van der Waals surface area contributed by atoms with Crippen LogP contribution >= 0.6 is 0 Å². The van der Waals surface area contributed by atoms with Crippen molar-refractivity contribution in [3.63, 3.8) is 0 Å². The third-order valence-corrected chi connectivity index (χ3v) is 10.7. The van der Waals surface area contributed by atoms with Gasteiger partial charge in [-0.05, 0) is 111 Å². The molecule has 8 rings (SSSR count). The summed E-state index contributed by atoms with van der Waals surface area (Å²) >= 11 is 0. The van der Waals surface area contributed by atoms with Gasteiger partial charge in [-0.1, -0.05) is 97.1 Å². The minimum Gasteiger partial charge on any atom is -0.455 e. The van der Waals surface area contributed by atoms with Gasteiger partial charge in [0.1, 0.15) is 11.2 Å². The third kappa shape index (κ3) is 6.34. The molecule has 0 aliphatic rings. The van der Waals surface area contributed by atoms with Crippen LogP contribution in [0.5, 0.6) is 0 Å². The number of furan rings is 1. The number of nitrogens with zero attached hydrogens (tertiary/aromatic N) is 3. The van der Waals surface area contributed by atoms with Crippen LogP contribution in [0.2, 0.25) is 0 Å². The van der Waals surface area contributed by atoms with E-state index in [-0.39, 0.29) is 10.8 Å². The van der Waals surface area contributed by atoms with Gasteiger partial charge in [-0.25, -0.2) is 0 Å². The average Bonchev–Trinajstić information content (AvgIpc) is 3.59. The summed E-state index contributed by atoms with van der Waals surface area (Å²) in [5.74, 6) is 0. The van der Waals surface area contributed by atoms with Crippen molar-refractivity contribution in [2.75, 3.05) is 0 Å². The van der Waals surface area contributed by atoms with Crippen LogP contribution in [-0.4, -0.2) is 15.0 Å². The van der Waals surface area contributed by atoms with Crippen LogP contribution < -0.4 is 0 Å². The molecule has 0 saturated heterocycles. The molecule has 4 heterocycles. The second-order valence-electron chi connectivity index (χ2n) is 14.0. The quantitative estimate of drug-likeness (QED) is 0.138. The lowest BCUT2D eigenvalue weighted by Gasteiger charge is -2.30. The molecule has 51 heavy (non-hydrogen) atoms. The predicted molar refractivity (Wildman–Crippen MR) is 208 cm³/mol. The second-order valence-corrected chi connectivity index (χ2v) is 14.0. The SMILES string of the molecule is CC(CCc1cc(-c2cccc(CCC(C)(c3ccccc3)c3ccccn3)n2)c2oc3ccccc3c2c1)(c1ccccc1)c1ccccn1. The fourth-order valence-corrected chi connectivity index (χ4v) is 7.59. The lowest BCUT2D eigenvalue weighted by atomic mass is 9.74. The van der Waals surface area contributed by atoms with Crippen LogP contribution in [0.3, 0.4) is 0 Å². The summed E-state index contributed by atoms with van der Waals surface area (Å²) in [6, 6.07) is 53.2. The smallest absolute Gasteiger partial charge is 0.144 e. The highest BCUT2D eigenvalue weighted by molar-refractivity contribution is 6.09. The molecule has 0 aliphatic carbocycles. The average molecular weight is 664 g/mol. The van der Waals surface area contributed by atoms with Gasteiger partial charge in [0.2, 0.25) is 0 Å². The van der Waals surface area contributed by atoms with E-state index >= 15 is 0 Å². The van der Waals surface area contributed by atoms with Crippen LogP contribution in [0.1, 0.15) is 60.5 Å². The minimum atomic E-state index is -0.259. The Morgan fingerprint density at radius 3 is 1.75 bits per heavy atom. The first kappa shape index (κ1) is 32.3.